The largest absolute Gasteiger partial charge is 0.394 e. The average molecular weight is 517 g/mol. The molecule has 0 saturated carbocycles. The molecule has 14 nitrogen and oxygen atoms in total. The lowest BCUT2D eigenvalue weighted by molar-refractivity contribution is -0.229. The fraction of sp³-hybridized carbons (Fsp3) is 0.636. The van der Waals surface area contributed by atoms with Crippen LogP contribution in [-0.2, 0) is 19.1 Å². The van der Waals surface area contributed by atoms with Crippen molar-refractivity contribution in [3.05, 3.63) is 24.3 Å². The molecule has 0 aliphatic carbocycles. The minimum Gasteiger partial charge on any atom is -0.394 e. The Kier molecular flexibility index (Phi) is 9.71. The molecule has 3 rings (SSSR count). The van der Waals surface area contributed by atoms with E-state index in [1.807, 2.05) is 0 Å². The average Bonchev–Trinajstić information content (AvgIpc) is 2.84. The molecule has 0 radical (unpaired) electrons. The summed E-state index contributed by atoms with van der Waals surface area (Å²) in [6.07, 6.45) is -14.8. The summed E-state index contributed by atoms with van der Waals surface area (Å²) in [7, 11) is 0. The van der Waals surface area contributed by atoms with Crippen LogP contribution < -0.4 is 10.6 Å². The van der Waals surface area contributed by atoms with Crippen molar-refractivity contribution in [1.29, 1.82) is 0 Å². The molecule has 2 amide bonds. The van der Waals surface area contributed by atoms with Gasteiger partial charge in [0.15, 0.2) is 0 Å². The minimum absolute atomic E-state index is 0.273. The van der Waals surface area contributed by atoms with Crippen molar-refractivity contribution in [1.82, 2.24) is 0 Å². The Labute approximate surface area is 205 Å². The Balaban J connectivity index is 1.56. The van der Waals surface area contributed by atoms with E-state index in [0.29, 0.717) is 0 Å². The van der Waals surface area contributed by atoms with E-state index < -0.39 is 98.9 Å². The molecule has 2 aliphatic heterocycles. The Hall–Kier alpha value is -2.24. The van der Waals surface area contributed by atoms with Gasteiger partial charge < -0.3 is 61.0 Å². The number of nitrogens with one attached hydrogen (secondary N) is 2. The highest BCUT2D eigenvalue weighted by molar-refractivity contribution is 5.94. The van der Waals surface area contributed by atoms with E-state index in [4.69, 9.17) is 9.47 Å². The van der Waals surface area contributed by atoms with E-state index in [-0.39, 0.29) is 11.4 Å². The van der Waals surface area contributed by atoms with Gasteiger partial charge in [-0.3, -0.25) is 9.59 Å². The fourth-order valence-electron chi connectivity index (χ4n) is 4.16. The van der Waals surface area contributed by atoms with Crippen LogP contribution in [0, 0.1) is 0 Å². The molecule has 2 aliphatic rings. The Morgan fingerprint density at radius 1 is 0.639 bits per heavy atom. The van der Waals surface area contributed by atoms with Gasteiger partial charge in [0.2, 0.25) is 11.8 Å². The molecule has 14 heteroatoms. The molecule has 1 aromatic rings. The number of amides is 2. The smallest absolute Gasteiger partial charge is 0.227 e. The third-order valence-electron chi connectivity index (χ3n) is 6.19. The van der Waals surface area contributed by atoms with Crippen LogP contribution in [0.2, 0.25) is 0 Å². The van der Waals surface area contributed by atoms with Crippen molar-refractivity contribution in [2.24, 2.45) is 0 Å². The van der Waals surface area contributed by atoms with Gasteiger partial charge in [0.25, 0.3) is 0 Å². The van der Waals surface area contributed by atoms with Crippen molar-refractivity contribution in [2.75, 3.05) is 23.8 Å². The summed E-state index contributed by atoms with van der Waals surface area (Å²) in [6.45, 7) is -1.23. The van der Waals surface area contributed by atoms with Gasteiger partial charge in [-0.15, -0.1) is 0 Å². The molecule has 10 N–H and O–H groups in total. The standard InChI is InChI=1S/C22H32N2O12/c25-7-13-19(31)21(33)17(29)11(35-13)5-15(27)23-9-2-1-3-10(4-9)24-16(28)6-12-18(30)22(34)20(32)14(8-26)36-12/h1-4,11-14,17-22,25-26,29-34H,5-8H2,(H,23,27)(H,24,28). The minimum atomic E-state index is -1.60. The summed E-state index contributed by atoms with van der Waals surface area (Å²) in [5.74, 6) is -1.21. The number of anilines is 2. The van der Waals surface area contributed by atoms with E-state index >= 15 is 0 Å². The van der Waals surface area contributed by atoms with Gasteiger partial charge in [0.05, 0.1) is 38.3 Å². The second-order valence-electron chi connectivity index (χ2n) is 8.82. The third-order valence-corrected chi connectivity index (χ3v) is 6.19. The molecule has 0 bridgehead atoms. The second-order valence-corrected chi connectivity index (χ2v) is 8.82. The number of hydrogen-bond acceptors (Lipinski definition) is 12. The van der Waals surface area contributed by atoms with Crippen molar-refractivity contribution >= 4 is 23.2 Å². The van der Waals surface area contributed by atoms with Gasteiger partial charge >= 0.3 is 0 Å². The monoisotopic (exact) mass is 516 g/mol. The first-order chi connectivity index (χ1) is 17.0. The summed E-state index contributed by atoms with van der Waals surface area (Å²) in [5, 5.41) is 83.1. The number of hydrogen-bond donors (Lipinski definition) is 10. The van der Waals surface area contributed by atoms with Gasteiger partial charge in [0.1, 0.15) is 48.8 Å². The van der Waals surface area contributed by atoms with Gasteiger partial charge in [-0.25, -0.2) is 0 Å². The maximum Gasteiger partial charge on any atom is 0.227 e. The Morgan fingerprint density at radius 2 is 1.00 bits per heavy atom. The second kappa shape index (κ2) is 12.3. The molecule has 36 heavy (non-hydrogen) atoms. The lowest BCUT2D eigenvalue weighted by Gasteiger charge is -2.39. The van der Waals surface area contributed by atoms with Crippen LogP contribution in [0.25, 0.3) is 0 Å². The van der Waals surface area contributed by atoms with Crippen LogP contribution in [0.4, 0.5) is 11.4 Å². The first-order valence-electron chi connectivity index (χ1n) is 11.4. The zero-order valence-electron chi connectivity index (χ0n) is 19.1. The highest BCUT2D eigenvalue weighted by Gasteiger charge is 2.45. The summed E-state index contributed by atoms with van der Waals surface area (Å²) in [5.41, 5.74) is 0.547. The number of carbonyl (C=O) groups is 2. The van der Waals surface area contributed by atoms with E-state index in [0.717, 1.165) is 0 Å². The molecule has 2 heterocycles. The highest BCUT2D eigenvalue weighted by atomic mass is 16.6. The molecule has 2 fully saturated rings. The number of ether oxygens (including phenoxy) is 2. The predicted molar refractivity (Wildman–Crippen MR) is 120 cm³/mol. The highest BCUT2D eigenvalue weighted by Crippen LogP contribution is 2.25. The molecule has 202 valence electrons. The van der Waals surface area contributed by atoms with Crippen molar-refractivity contribution in [3.63, 3.8) is 0 Å². The summed E-state index contributed by atoms with van der Waals surface area (Å²) in [4.78, 5) is 24.9. The summed E-state index contributed by atoms with van der Waals surface area (Å²) < 4.78 is 10.6. The van der Waals surface area contributed by atoms with E-state index in [1.165, 1.54) is 24.3 Å². The molecule has 0 spiro atoms. The van der Waals surface area contributed by atoms with Crippen LogP contribution in [0.5, 0.6) is 0 Å². The third kappa shape index (κ3) is 6.54. The maximum atomic E-state index is 12.5. The molecule has 1 aromatic carbocycles. The molecule has 10 unspecified atom stereocenters. The first-order valence-corrected chi connectivity index (χ1v) is 11.4. The van der Waals surface area contributed by atoms with Gasteiger partial charge in [-0.1, -0.05) is 6.07 Å². The Morgan fingerprint density at radius 3 is 1.36 bits per heavy atom. The normalized spacial score (nSPS) is 36.8. The first kappa shape index (κ1) is 28.3. The van der Waals surface area contributed by atoms with E-state index in [2.05, 4.69) is 10.6 Å². The van der Waals surface area contributed by atoms with Crippen LogP contribution in [-0.4, -0.2) is 127 Å². The van der Waals surface area contributed by atoms with Gasteiger partial charge in [-0.05, 0) is 18.2 Å². The number of rotatable bonds is 8. The van der Waals surface area contributed by atoms with Crippen LogP contribution >= 0.6 is 0 Å². The topological polar surface area (TPSA) is 238 Å². The van der Waals surface area contributed by atoms with Crippen molar-refractivity contribution < 1.29 is 59.9 Å². The molecular weight excluding hydrogens is 484 g/mol. The molecule has 0 aromatic heterocycles. The quantitative estimate of drug-likeness (QED) is 0.159. The van der Waals surface area contributed by atoms with Crippen LogP contribution in [0.15, 0.2) is 24.3 Å². The molecular formula is C22H32N2O12. The van der Waals surface area contributed by atoms with Crippen molar-refractivity contribution in [3.8, 4) is 0 Å². The zero-order chi connectivity index (χ0) is 26.6. The lowest BCUT2D eigenvalue weighted by atomic mass is 9.93. The number of carbonyl (C=O) groups excluding carboxylic acids is 2. The molecule has 10 atom stereocenters. The predicted octanol–water partition coefficient (Wildman–Crippen LogP) is -3.97. The number of aliphatic hydroxyl groups excluding tert-OH is 8. The summed E-state index contributed by atoms with van der Waals surface area (Å²) in [6, 6.07) is 6.01. The number of benzene rings is 1. The summed E-state index contributed by atoms with van der Waals surface area (Å²) >= 11 is 0. The van der Waals surface area contributed by atoms with Crippen LogP contribution in [0.1, 0.15) is 12.8 Å². The molecule has 2 saturated heterocycles. The zero-order valence-corrected chi connectivity index (χ0v) is 19.1. The Bertz CT molecular complexity index is 832. The van der Waals surface area contributed by atoms with Gasteiger partial charge in [0, 0.05) is 11.4 Å². The van der Waals surface area contributed by atoms with Crippen LogP contribution in [0.3, 0.4) is 0 Å². The van der Waals surface area contributed by atoms with Gasteiger partial charge in [-0.2, -0.15) is 0 Å². The number of aliphatic hydroxyl groups is 8. The SMILES string of the molecule is O=C(CC1OC(CO)C(O)C(O)C1O)Nc1cccc(NC(=O)CC2OC(CO)C(O)C(O)C2O)c1. The van der Waals surface area contributed by atoms with Crippen molar-refractivity contribution in [2.45, 2.75) is 73.9 Å². The van der Waals surface area contributed by atoms with E-state index in [9.17, 15) is 50.4 Å². The maximum absolute atomic E-state index is 12.5. The lowest BCUT2D eigenvalue weighted by Crippen LogP contribution is -2.59. The fourth-order valence-corrected chi connectivity index (χ4v) is 4.16. The van der Waals surface area contributed by atoms with E-state index in [1.54, 1.807) is 0 Å².